The Morgan fingerprint density at radius 1 is 0.897 bits per heavy atom. The first-order valence-corrected chi connectivity index (χ1v) is 11.0. The normalized spacial score (nSPS) is 11.1. The average molecular weight is 409 g/mol. The maximum atomic E-state index is 13.1. The number of carbonyl (C=O) groups excluding carboxylic acids is 1. The van der Waals surface area contributed by atoms with Crippen LogP contribution in [0.1, 0.15) is 22.8 Å². The summed E-state index contributed by atoms with van der Waals surface area (Å²) in [5.41, 5.74) is 2.04. The molecule has 0 aliphatic carbocycles. The first kappa shape index (κ1) is 20.6. The molecule has 150 valence electrons. The molecular weight excluding hydrogens is 384 g/mol. The molecule has 5 nitrogen and oxygen atoms in total. The maximum absolute atomic E-state index is 13.1. The molecule has 0 unspecified atom stereocenters. The van der Waals surface area contributed by atoms with Crippen LogP contribution in [0.4, 0.5) is 5.69 Å². The van der Waals surface area contributed by atoms with E-state index in [0.29, 0.717) is 30.8 Å². The molecule has 3 aromatic rings. The zero-order chi connectivity index (χ0) is 20.7. The quantitative estimate of drug-likeness (QED) is 0.615. The van der Waals surface area contributed by atoms with Gasteiger partial charge >= 0.3 is 0 Å². The number of sulfonamides is 1. The lowest BCUT2D eigenvalue weighted by Crippen LogP contribution is -2.31. The van der Waals surface area contributed by atoms with Crippen molar-refractivity contribution in [3.05, 3.63) is 96.1 Å². The highest BCUT2D eigenvalue weighted by Gasteiger charge is 2.24. The third-order valence-electron chi connectivity index (χ3n) is 4.56. The third-order valence-corrected chi connectivity index (χ3v) is 6.46. The highest BCUT2D eigenvalue weighted by atomic mass is 32.2. The number of rotatable bonds is 8. The van der Waals surface area contributed by atoms with Crippen LogP contribution in [0.3, 0.4) is 0 Å². The van der Waals surface area contributed by atoms with Crippen molar-refractivity contribution < 1.29 is 13.2 Å². The summed E-state index contributed by atoms with van der Waals surface area (Å²) in [4.78, 5) is 12.6. The lowest BCUT2D eigenvalue weighted by atomic mass is 10.1. The first-order valence-electron chi connectivity index (χ1n) is 9.52. The van der Waals surface area contributed by atoms with E-state index in [1.165, 1.54) is 16.4 Å². The summed E-state index contributed by atoms with van der Waals surface area (Å²) in [5, 5.41) is 2.85. The van der Waals surface area contributed by atoms with Gasteiger partial charge in [-0.3, -0.25) is 9.10 Å². The van der Waals surface area contributed by atoms with Gasteiger partial charge in [-0.2, -0.15) is 0 Å². The van der Waals surface area contributed by atoms with Crippen LogP contribution in [0.25, 0.3) is 0 Å². The fraction of sp³-hybridized carbons (Fsp3) is 0.174. The third kappa shape index (κ3) is 5.03. The Balaban J connectivity index is 1.74. The molecule has 3 rings (SSSR count). The topological polar surface area (TPSA) is 66.5 Å². The minimum Gasteiger partial charge on any atom is -0.352 e. The van der Waals surface area contributed by atoms with Gasteiger partial charge in [0.15, 0.2) is 0 Å². The molecule has 3 aromatic carbocycles. The van der Waals surface area contributed by atoms with Gasteiger partial charge in [-0.05, 0) is 49.2 Å². The molecule has 0 spiro atoms. The molecule has 29 heavy (non-hydrogen) atoms. The molecule has 0 aliphatic heterocycles. The summed E-state index contributed by atoms with van der Waals surface area (Å²) in [5.74, 6) is -0.291. The van der Waals surface area contributed by atoms with Gasteiger partial charge in [0.2, 0.25) is 0 Å². The summed E-state index contributed by atoms with van der Waals surface area (Å²) >= 11 is 0. The summed E-state index contributed by atoms with van der Waals surface area (Å²) in [7, 11) is -3.77. The second-order valence-corrected chi connectivity index (χ2v) is 8.39. The van der Waals surface area contributed by atoms with Gasteiger partial charge in [-0.15, -0.1) is 0 Å². The Morgan fingerprint density at radius 3 is 2.21 bits per heavy atom. The first-order chi connectivity index (χ1) is 14.0. The lowest BCUT2D eigenvalue weighted by Gasteiger charge is -2.23. The molecule has 0 heterocycles. The van der Waals surface area contributed by atoms with Crippen LogP contribution in [0.15, 0.2) is 89.8 Å². The van der Waals surface area contributed by atoms with Crippen molar-refractivity contribution in [3.8, 4) is 0 Å². The Morgan fingerprint density at radius 2 is 1.55 bits per heavy atom. The standard InChI is InChI=1S/C23H24N2O3S/c1-2-25(21-13-7-4-8-14-21)29(27,28)22-15-9-12-20(18-22)23(26)24-17-16-19-10-5-3-6-11-19/h3-15,18H,2,16-17H2,1H3,(H,24,26). The molecule has 0 atom stereocenters. The van der Waals surface area contributed by atoms with Gasteiger partial charge in [0.05, 0.1) is 10.6 Å². The number of hydrogen-bond donors (Lipinski definition) is 1. The van der Waals surface area contributed by atoms with Crippen LogP contribution in [0.2, 0.25) is 0 Å². The predicted octanol–water partition coefficient (Wildman–Crippen LogP) is 3.87. The molecular formula is C23H24N2O3S. The van der Waals surface area contributed by atoms with Gasteiger partial charge in [0.1, 0.15) is 0 Å². The van der Waals surface area contributed by atoms with Crippen LogP contribution in [0.5, 0.6) is 0 Å². The average Bonchev–Trinajstić information content (AvgIpc) is 2.75. The van der Waals surface area contributed by atoms with E-state index in [1.807, 2.05) is 36.4 Å². The number of nitrogens with one attached hydrogen (secondary N) is 1. The van der Waals surface area contributed by atoms with Crippen LogP contribution in [0, 0.1) is 0 Å². The molecule has 0 fully saturated rings. The predicted molar refractivity (Wildman–Crippen MR) is 116 cm³/mol. The summed E-state index contributed by atoms with van der Waals surface area (Å²) in [6.07, 6.45) is 0.711. The van der Waals surface area contributed by atoms with Crippen LogP contribution in [-0.2, 0) is 16.4 Å². The van der Waals surface area contributed by atoms with E-state index in [2.05, 4.69) is 5.32 Å². The molecule has 0 bridgehead atoms. The van der Waals surface area contributed by atoms with Gasteiger partial charge in [-0.1, -0.05) is 54.6 Å². The fourth-order valence-corrected chi connectivity index (χ4v) is 4.60. The molecule has 0 saturated heterocycles. The fourth-order valence-electron chi connectivity index (χ4n) is 3.08. The largest absolute Gasteiger partial charge is 0.352 e. The molecule has 0 aromatic heterocycles. The van der Waals surface area contributed by atoms with Crippen LogP contribution in [-0.4, -0.2) is 27.4 Å². The number of para-hydroxylation sites is 1. The Hall–Kier alpha value is -3.12. The zero-order valence-electron chi connectivity index (χ0n) is 16.3. The summed E-state index contributed by atoms with van der Waals surface area (Å²) < 4.78 is 27.6. The molecule has 6 heteroatoms. The number of hydrogen-bond acceptors (Lipinski definition) is 3. The Kier molecular flexibility index (Phi) is 6.67. The number of anilines is 1. The van der Waals surface area contributed by atoms with Crippen LogP contribution >= 0.6 is 0 Å². The van der Waals surface area contributed by atoms with E-state index in [4.69, 9.17) is 0 Å². The Bertz CT molecular complexity index is 1050. The SMILES string of the molecule is CCN(c1ccccc1)S(=O)(=O)c1cccc(C(=O)NCCc2ccccc2)c1. The van der Waals surface area contributed by atoms with E-state index in [0.717, 1.165) is 5.56 Å². The van der Waals surface area contributed by atoms with Crippen molar-refractivity contribution in [1.29, 1.82) is 0 Å². The van der Waals surface area contributed by atoms with Gasteiger partial charge in [0.25, 0.3) is 15.9 Å². The smallest absolute Gasteiger partial charge is 0.264 e. The van der Waals surface area contributed by atoms with Crippen LogP contribution < -0.4 is 9.62 Å². The lowest BCUT2D eigenvalue weighted by molar-refractivity contribution is 0.0954. The van der Waals surface area contributed by atoms with E-state index in [9.17, 15) is 13.2 Å². The van der Waals surface area contributed by atoms with E-state index < -0.39 is 10.0 Å². The van der Waals surface area contributed by atoms with Crippen molar-refractivity contribution in [1.82, 2.24) is 5.32 Å². The number of benzene rings is 3. The van der Waals surface area contributed by atoms with Gasteiger partial charge in [-0.25, -0.2) is 8.42 Å². The summed E-state index contributed by atoms with van der Waals surface area (Å²) in [6.45, 7) is 2.55. The molecule has 1 N–H and O–H groups in total. The minimum atomic E-state index is -3.77. The zero-order valence-corrected chi connectivity index (χ0v) is 17.1. The Labute approximate surface area is 172 Å². The highest BCUT2D eigenvalue weighted by molar-refractivity contribution is 7.92. The van der Waals surface area contributed by atoms with Crippen molar-refractivity contribution >= 4 is 21.6 Å². The molecule has 0 saturated carbocycles. The van der Waals surface area contributed by atoms with E-state index in [1.54, 1.807) is 43.3 Å². The van der Waals surface area contributed by atoms with Crippen molar-refractivity contribution in [3.63, 3.8) is 0 Å². The second kappa shape index (κ2) is 9.39. The van der Waals surface area contributed by atoms with Gasteiger partial charge < -0.3 is 5.32 Å². The van der Waals surface area contributed by atoms with Crippen molar-refractivity contribution in [2.24, 2.45) is 0 Å². The number of amides is 1. The molecule has 0 aliphatic rings. The molecule has 1 amide bonds. The van der Waals surface area contributed by atoms with E-state index >= 15 is 0 Å². The molecule has 0 radical (unpaired) electrons. The number of nitrogens with zero attached hydrogens (tertiary/aromatic N) is 1. The number of carbonyl (C=O) groups is 1. The minimum absolute atomic E-state index is 0.0962. The monoisotopic (exact) mass is 408 g/mol. The maximum Gasteiger partial charge on any atom is 0.264 e. The van der Waals surface area contributed by atoms with Crippen molar-refractivity contribution in [2.75, 3.05) is 17.4 Å². The van der Waals surface area contributed by atoms with E-state index in [-0.39, 0.29) is 10.8 Å². The van der Waals surface area contributed by atoms with Crippen molar-refractivity contribution in [2.45, 2.75) is 18.2 Å². The second-order valence-electron chi connectivity index (χ2n) is 6.52. The highest BCUT2D eigenvalue weighted by Crippen LogP contribution is 2.23. The van der Waals surface area contributed by atoms with Gasteiger partial charge in [0, 0.05) is 18.7 Å². The summed E-state index contributed by atoms with van der Waals surface area (Å²) in [6, 6.07) is 25.0.